The van der Waals surface area contributed by atoms with E-state index in [2.05, 4.69) is 22.8 Å². The minimum absolute atomic E-state index is 0.101. The number of hydrogen-bond donors (Lipinski definition) is 3. The van der Waals surface area contributed by atoms with Crippen LogP contribution >= 0.6 is 0 Å². The first-order valence-corrected chi connectivity index (χ1v) is 13.7. The standard InChI is InChI=1S/C32H37N3O5/c1-3-11-23(18-30(36)37)33-31(38)29(20-35(2)19-22-12-5-4-6-13-22)34-32(39)40-21-28-26-16-9-7-14-24(26)25-15-8-10-17-27(25)28/h4-10,12-17,23,28-29H,3,11,18-21H2,1-2H3,(H,33,38)(H,34,39)(H,36,37). The van der Waals surface area contributed by atoms with Crippen LogP contribution in [0.3, 0.4) is 0 Å². The first kappa shape index (κ1) is 28.8. The molecule has 2 unspecified atom stereocenters. The zero-order valence-corrected chi connectivity index (χ0v) is 23.0. The Morgan fingerprint density at radius 3 is 2.10 bits per heavy atom. The Morgan fingerprint density at radius 2 is 1.50 bits per heavy atom. The molecule has 0 spiro atoms. The van der Waals surface area contributed by atoms with E-state index in [1.54, 1.807) is 0 Å². The van der Waals surface area contributed by atoms with E-state index in [1.807, 2.05) is 85.6 Å². The molecule has 3 aromatic rings. The highest BCUT2D eigenvalue weighted by molar-refractivity contribution is 5.86. The van der Waals surface area contributed by atoms with Gasteiger partial charge in [-0.05, 0) is 41.3 Å². The van der Waals surface area contributed by atoms with Crippen molar-refractivity contribution >= 4 is 18.0 Å². The summed E-state index contributed by atoms with van der Waals surface area (Å²) in [5, 5.41) is 14.9. The monoisotopic (exact) mass is 543 g/mol. The Balaban J connectivity index is 1.44. The van der Waals surface area contributed by atoms with Gasteiger partial charge in [0.05, 0.1) is 6.42 Å². The third-order valence-electron chi connectivity index (χ3n) is 7.15. The molecule has 3 aromatic carbocycles. The van der Waals surface area contributed by atoms with Gasteiger partial charge in [0.2, 0.25) is 5.91 Å². The number of benzene rings is 3. The molecule has 1 aliphatic carbocycles. The van der Waals surface area contributed by atoms with Gasteiger partial charge in [-0.25, -0.2) is 4.79 Å². The number of carboxylic acids is 1. The lowest BCUT2D eigenvalue weighted by atomic mass is 9.98. The van der Waals surface area contributed by atoms with Crippen molar-refractivity contribution in [1.82, 2.24) is 15.5 Å². The molecule has 0 saturated heterocycles. The number of amides is 2. The number of carboxylic acid groups (broad SMARTS) is 1. The second kappa shape index (κ2) is 13.8. The minimum Gasteiger partial charge on any atom is -0.481 e. The summed E-state index contributed by atoms with van der Waals surface area (Å²) < 4.78 is 5.69. The molecule has 8 nitrogen and oxygen atoms in total. The van der Waals surface area contributed by atoms with Crippen LogP contribution in [-0.2, 0) is 20.9 Å². The summed E-state index contributed by atoms with van der Waals surface area (Å²) in [6.07, 6.45) is 0.365. The van der Waals surface area contributed by atoms with Crippen molar-refractivity contribution in [2.45, 2.75) is 50.7 Å². The fourth-order valence-electron chi connectivity index (χ4n) is 5.33. The molecule has 0 aliphatic heterocycles. The third-order valence-corrected chi connectivity index (χ3v) is 7.15. The molecule has 40 heavy (non-hydrogen) atoms. The average molecular weight is 544 g/mol. The van der Waals surface area contributed by atoms with Gasteiger partial charge >= 0.3 is 12.1 Å². The van der Waals surface area contributed by atoms with Gasteiger partial charge in [0, 0.05) is 25.0 Å². The second-order valence-electron chi connectivity index (χ2n) is 10.3. The maximum Gasteiger partial charge on any atom is 0.407 e. The van der Waals surface area contributed by atoms with Crippen LogP contribution in [0.2, 0.25) is 0 Å². The summed E-state index contributed by atoms with van der Waals surface area (Å²) in [6.45, 7) is 2.86. The van der Waals surface area contributed by atoms with Crippen LogP contribution in [0, 0.1) is 0 Å². The van der Waals surface area contributed by atoms with Crippen LogP contribution in [0.15, 0.2) is 78.9 Å². The molecule has 4 rings (SSSR count). The van der Waals surface area contributed by atoms with Crippen molar-refractivity contribution in [1.29, 1.82) is 0 Å². The number of carbonyl (C=O) groups excluding carboxylic acids is 2. The van der Waals surface area contributed by atoms with Gasteiger partial charge in [-0.1, -0.05) is 92.2 Å². The molecule has 0 aromatic heterocycles. The molecular formula is C32H37N3O5. The highest BCUT2D eigenvalue weighted by Gasteiger charge is 2.30. The van der Waals surface area contributed by atoms with Gasteiger partial charge in [-0.2, -0.15) is 0 Å². The summed E-state index contributed by atoms with van der Waals surface area (Å²) in [4.78, 5) is 39.6. The first-order valence-electron chi connectivity index (χ1n) is 13.7. The van der Waals surface area contributed by atoms with E-state index in [0.29, 0.717) is 13.0 Å². The maximum atomic E-state index is 13.3. The lowest BCUT2D eigenvalue weighted by Gasteiger charge is -2.26. The van der Waals surface area contributed by atoms with Crippen molar-refractivity contribution < 1.29 is 24.2 Å². The minimum atomic E-state index is -0.985. The van der Waals surface area contributed by atoms with Crippen molar-refractivity contribution in [3.63, 3.8) is 0 Å². The van der Waals surface area contributed by atoms with E-state index in [-0.39, 0.29) is 25.5 Å². The Bertz CT molecular complexity index is 1270. The number of alkyl carbamates (subject to hydrolysis) is 1. The zero-order chi connectivity index (χ0) is 28.5. The van der Waals surface area contributed by atoms with Crippen LogP contribution in [0.1, 0.15) is 48.8 Å². The molecule has 2 amide bonds. The lowest BCUT2D eigenvalue weighted by Crippen LogP contribution is -2.54. The van der Waals surface area contributed by atoms with Crippen LogP contribution in [-0.4, -0.2) is 60.3 Å². The van der Waals surface area contributed by atoms with Crippen molar-refractivity contribution in [2.75, 3.05) is 20.2 Å². The number of hydrogen-bond acceptors (Lipinski definition) is 5. The summed E-state index contributed by atoms with van der Waals surface area (Å²) >= 11 is 0. The van der Waals surface area contributed by atoms with Crippen molar-refractivity contribution in [3.05, 3.63) is 95.6 Å². The van der Waals surface area contributed by atoms with Gasteiger partial charge < -0.3 is 20.5 Å². The summed E-state index contributed by atoms with van der Waals surface area (Å²) in [5.74, 6) is -1.52. The first-order chi connectivity index (χ1) is 19.4. The second-order valence-corrected chi connectivity index (χ2v) is 10.3. The third kappa shape index (κ3) is 7.48. The largest absolute Gasteiger partial charge is 0.481 e. The predicted molar refractivity (Wildman–Crippen MR) is 154 cm³/mol. The fourth-order valence-corrected chi connectivity index (χ4v) is 5.33. The Morgan fingerprint density at radius 1 is 0.900 bits per heavy atom. The lowest BCUT2D eigenvalue weighted by molar-refractivity contribution is -0.137. The summed E-state index contributed by atoms with van der Waals surface area (Å²) in [7, 11) is 1.87. The number of fused-ring (bicyclic) bond motifs is 3. The van der Waals surface area contributed by atoms with Gasteiger partial charge in [0.15, 0.2) is 0 Å². The smallest absolute Gasteiger partial charge is 0.407 e. The topological polar surface area (TPSA) is 108 Å². The van der Waals surface area contributed by atoms with Crippen molar-refractivity contribution in [2.24, 2.45) is 0 Å². The number of nitrogens with zero attached hydrogens (tertiary/aromatic N) is 1. The molecule has 0 saturated carbocycles. The zero-order valence-electron chi connectivity index (χ0n) is 23.0. The average Bonchev–Trinajstić information content (AvgIpc) is 3.25. The van der Waals surface area contributed by atoms with Crippen LogP contribution in [0.25, 0.3) is 11.1 Å². The molecule has 2 atom stereocenters. The molecule has 0 radical (unpaired) electrons. The highest BCUT2D eigenvalue weighted by atomic mass is 16.5. The number of aliphatic carboxylic acids is 1. The van der Waals surface area contributed by atoms with Gasteiger partial charge in [0.25, 0.3) is 0 Å². The molecule has 0 heterocycles. The summed E-state index contributed by atoms with van der Waals surface area (Å²) in [5.41, 5.74) is 5.54. The quantitative estimate of drug-likeness (QED) is 0.286. The number of likely N-dealkylation sites (N-methyl/N-ethyl adjacent to an activating group) is 1. The summed E-state index contributed by atoms with van der Waals surface area (Å²) in [6, 6.07) is 24.5. The van der Waals surface area contributed by atoms with E-state index in [9.17, 15) is 19.5 Å². The van der Waals surface area contributed by atoms with E-state index < -0.39 is 30.1 Å². The molecular weight excluding hydrogens is 506 g/mol. The Kier molecular flexibility index (Phi) is 9.91. The van der Waals surface area contributed by atoms with E-state index in [1.165, 1.54) is 0 Å². The molecule has 8 heteroatoms. The van der Waals surface area contributed by atoms with Gasteiger partial charge in [0.1, 0.15) is 12.6 Å². The maximum absolute atomic E-state index is 13.3. The normalized spacial score (nSPS) is 13.7. The van der Waals surface area contributed by atoms with Crippen molar-refractivity contribution in [3.8, 4) is 11.1 Å². The van der Waals surface area contributed by atoms with Crippen LogP contribution in [0.4, 0.5) is 4.79 Å². The molecule has 210 valence electrons. The number of carbonyl (C=O) groups is 3. The van der Waals surface area contributed by atoms with E-state index >= 15 is 0 Å². The number of nitrogens with one attached hydrogen (secondary N) is 2. The van der Waals surface area contributed by atoms with Gasteiger partial charge in [-0.15, -0.1) is 0 Å². The molecule has 0 fully saturated rings. The number of rotatable bonds is 13. The molecule has 3 N–H and O–H groups in total. The Hall–Kier alpha value is -4.17. The van der Waals surface area contributed by atoms with E-state index in [0.717, 1.165) is 34.2 Å². The fraction of sp³-hybridized carbons (Fsp3) is 0.344. The van der Waals surface area contributed by atoms with Crippen LogP contribution in [0.5, 0.6) is 0 Å². The number of ether oxygens (including phenoxy) is 1. The predicted octanol–water partition coefficient (Wildman–Crippen LogP) is 4.79. The Labute approximate surface area is 235 Å². The molecule has 1 aliphatic rings. The SMILES string of the molecule is CCCC(CC(=O)O)NC(=O)C(CN(C)Cc1ccccc1)NC(=O)OCC1c2ccccc2-c2ccccc21. The highest BCUT2D eigenvalue weighted by Crippen LogP contribution is 2.44. The van der Waals surface area contributed by atoms with Crippen LogP contribution < -0.4 is 10.6 Å². The van der Waals surface area contributed by atoms with Gasteiger partial charge in [-0.3, -0.25) is 14.5 Å². The molecule has 0 bridgehead atoms. The van der Waals surface area contributed by atoms with E-state index in [4.69, 9.17) is 4.74 Å².